The molecule has 4 nitrogen and oxygen atoms in total. The van der Waals surface area contributed by atoms with Gasteiger partial charge >= 0.3 is 0 Å². The molecule has 2 aliphatic heterocycles. The van der Waals surface area contributed by atoms with Crippen molar-refractivity contribution in [3.05, 3.63) is 0 Å². The molecule has 1 amide bonds. The lowest BCUT2D eigenvalue weighted by atomic mass is 10.1. The SMILES string of the molecule is CC(CN)C(=O)N1CCCC1CN1CCCCC1.Cl.Cl. The van der Waals surface area contributed by atoms with E-state index in [1.807, 2.05) is 6.92 Å². The monoisotopic (exact) mass is 325 g/mol. The lowest BCUT2D eigenvalue weighted by molar-refractivity contribution is -0.135. The van der Waals surface area contributed by atoms with Crippen LogP contribution in [-0.2, 0) is 4.79 Å². The van der Waals surface area contributed by atoms with Crippen LogP contribution >= 0.6 is 24.8 Å². The molecule has 2 N–H and O–H groups in total. The van der Waals surface area contributed by atoms with Crippen molar-refractivity contribution in [3.63, 3.8) is 0 Å². The van der Waals surface area contributed by atoms with E-state index in [9.17, 15) is 4.79 Å². The van der Waals surface area contributed by atoms with Gasteiger partial charge in [-0.1, -0.05) is 13.3 Å². The Kier molecular flexibility index (Phi) is 9.81. The summed E-state index contributed by atoms with van der Waals surface area (Å²) >= 11 is 0. The number of carbonyl (C=O) groups is 1. The first-order chi connectivity index (χ1) is 8.72. The van der Waals surface area contributed by atoms with Crippen molar-refractivity contribution in [1.82, 2.24) is 9.80 Å². The number of amides is 1. The van der Waals surface area contributed by atoms with Gasteiger partial charge in [0.25, 0.3) is 0 Å². The number of hydrogen-bond acceptors (Lipinski definition) is 3. The third kappa shape index (κ3) is 5.06. The summed E-state index contributed by atoms with van der Waals surface area (Å²) in [6.07, 6.45) is 6.33. The lowest BCUT2D eigenvalue weighted by Gasteiger charge is -2.33. The van der Waals surface area contributed by atoms with E-state index in [1.54, 1.807) is 0 Å². The van der Waals surface area contributed by atoms with Crippen LogP contribution in [0.1, 0.15) is 39.0 Å². The molecular formula is C14H29Cl2N3O. The predicted octanol–water partition coefficient (Wildman–Crippen LogP) is 1.90. The van der Waals surface area contributed by atoms with Gasteiger partial charge in [-0.2, -0.15) is 0 Å². The molecule has 0 aromatic carbocycles. The Morgan fingerprint density at radius 3 is 2.40 bits per heavy atom. The van der Waals surface area contributed by atoms with E-state index < -0.39 is 0 Å². The molecule has 2 rings (SSSR count). The lowest BCUT2D eigenvalue weighted by Crippen LogP contribution is -2.47. The normalized spacial score (nSPS) is 24.7. The molecule has 2 fully saturated rings. The molecule has 0 bridgehead atoms. The van der Waals surface area contributed by atoms with E-state index in [-0.39, 0.29) is 36.6 Å². The molecule has 120 valence electrons. The van der Waals surface area contributed by atoms with Crippen molar-refractivity contribution in [2.45, 2.75) is 45.1 Å². The highest BCUT2D eigenvalue weighted by atomic mass is 35.5. The van der Waals surface area contributed by atoms with E-state index in [1.165, 1.54) is 38.8 Å². The minimum Gasteiger partial charge on any atom is -0.338 e. The minimum absolute atomic E-state index is 0. The summed E-state index contributed by atoms with van der Waals surface area (Å²) in [6.45, 7) is 6.84. The molecule has 2 heterocycles. The van der Waals surface area contributed by atoms with Crippen LogP contribution in [0.15, 0.2) is 0 Å². The topological polar surface area (TPSA) is 49.6 Å². The van der Waals surface area contributed by atoms with Crippen molar-refractivity contribution >= 4 is 30.7 Å². The predicted molar refractivity (Wildman–Crippen MR) is 87.7 cm³/mol. The first-order valence-electron chi connectivity index (χ1n) is 7.45. The average Bonchev–Trinajstić information content (AvgIpc) is 2.86. The summed E-state index contributed by atoms with van der Waals surface area (Å²) in [6, 6.07) is 0.435. The van der Waals surface area contributed by atoms with Crippen LogP contribution in [0, 0.1) is 5.92 Å². The van der Waals surface area contributed by atoms with Crippen molar-refractivity contribution in [1.29, 1.82) is 0 Å². The van der Waals surface area contributed by atoms with Crippen LogP contribution in [0.3, 0.4) is 0 Å². The second kappa shape index (κ2) is 9.82. The molecule has 0 aromatic rings. The summed E-state index contributed by atoms with van der Waals surface area (Å²) < 4.78 is 0. The quantitative estimate of drug-likeness (QED) is 0.858. The maximum absolute atomic E-state index is 12.3. The number of rotatable bonds is 4. The zero-order valence-corrected chi connectivity index (χ0v) is 14.1. The number of hydrogen-bond donors (Lipinski definition) is 1. The molecule has 0 aromatic heterocycles. The molecule has 0 spiro atoms. The minimum atomic E-state index is -0.0213. The molecule has 2 aliphatic rings. The molecule has 6 heteroatoms. The fraction of sp³-hybridized carbons (Fsp3) is 0.929. The third-order valence-corrected chi connectivity index (χ3v) is 4.35. The van der Waals surface area contributed by atoms with Crippen LogP contribution in [0.25, 0.3) is 0 Å². The highest BCUT2D eigenvalue weighted by Gasteiger charge is 2.32. The van der Waals surface area contributed by atoms with Gasteiger partial charge in [0.05, 0.1) is 0 Å². The van der Waals surface area contributed by atoms with E-state index in [0.29, 0.717) is 12.6 Å². The summed E-state index contributed by atoms with van der Waals surface area (Å²) in [5, 5.41) is 0. The average molecular weight is 326 g/mol. The number of nitrogens with two attached hydrogens (primary N) is 1. The van der Waals surface area contributed by atoms with Gasteiger partial charge in [-0.25, -0.2) is 0 Å². The van der Waals surface area contributed by atoms with E-state index in [4.69, 9.17) is 5.73 Å². The standard InChI is InChI=1S/C14H27N3O.2ClH/c1-12(10-15)14(18)17-9-5-6-13(17)11-16-7-3-2-4-8-16;;/h12-13H,2-11,15H2,1H3;2*1H. The Bertz CT molecular complexity index is 286. The van der Waals surface area contributed by atoms with Crippen molar-refractivity contribution < 1.29 is 4.79 Å². The van der Waals surface area contributed by atoms with Gasteiger partial charge in [-0.3, -0.25) is 4.79 Å². The third-order valence-electron chi connectivity index (χ3n) is 4.35. The van der Waals surface area contributed by atoms with E-state index >= 15 is 0 Å². The summed E-state index contributed by atoms with van der Waals surface area (Å²) in [7, 11) is 0. The number of piperidine rings is 1. The highest BCUT2D eigenvalue weighted by Crippen LogP contribution is 2.22. The smallest absolute Gasteiger partial charge is 0.226 e. The number of likely N-dealkylation sites (tertiary alicyclic amines) is 2. The number of halogens is 2. The molecule has 20 heavy (non-hydrogen) atoms. The van der Waals surface area contributed by atoms with Gasteiger partial charge in [0.1, 0.15) is 0 Å². The van der Waals surface area contributed by atoms with Crippen LogP contribution in [0.2, 0.25) is 0 Å². The van der Waals surface area contributed by atoms with Gasteiger partial charge in [0, 0.05) is 31.6 Å². The number of carbonyl (C=O) groups excluding carboxylic acids is 1. The van der Waals surface area contributed by atoms with E-state index in [0.717, 1.165) is 19.5 Å². The number of nitrogens with zero attached hydrogens (tertiary/aromatic N) is 2. The summed E-state index contributed by atoms with van der Waals surface area (Å²) in [5.74, 6) is 0.240. The van der Waals surface area contributed by atoms with Gasteiger partial charge in [-0.05, 0) is 38.8 Å². The van der Waals surface area contributed by atoms with Crippen LogP contribution in [0.5, 0.6) is 0 Å². The fourth-order valence-electron chi connectivity index (χ4n) is 3.14. The fourth-order valence-corrected chi connectivity index (χ4v) is 3.14. The van der Waals surface area contributed by atoms with Crippen LogP contribution in [-0.4, -0.2) is 54.5 Å². The van der Waals surface area contributed by atoms with Crippen molar-refractivity contribution in [2.75, 3.05) is 32.7 Å². The van der Waals surface area contributed by atoms with Crippen LogP contribution < -0.4 is 5.73 Å². The van der Waals surface area contributed by atoms with Gasteiger partial charge in [-0.15, -0.1) is 24.8 Å². The zero-order chi connectivity index (χ0) is 13.0. The molecule has 2 unspecified atom stereocenters. The second-order valence-electron chi connectivity index (χ2n) is 5.83. The maximum atomic E-state index is 12.3. The Labute approximate surface area is 135 Å². The molecule has 2 saturated heterocycles. The Hall–Kier alpha value is -0.0300. The summed E-state index contributed by atoms with van der Waals surface area (Å²) in [5.41, 5.74) is 5.61. The molecular weight excluding hydrogens is 297 g/mol. The molecule has 0 saturated carbocycles. The first kappa shape index (κ1) is 20.0. The largest absolute Gasteiger partial charge is 0.338 e. The van der Waals surface area contributed by atoms with Gasteiger partial charge in [0.2, 0.25) is 5.91 Å². The molecule has 0 radical (unpaired) electrons. The Balaban J connectivity index is 0.00000180. The highest BCUT2D eigenvalue weighted by molar-refractivity contribution is 5.85. The van der Waals surface area contributed by atoms with Crippen molar-refractivity contribution in [2.24, 2.45) is 11.7 Å². The molecule has 2 atom stereocenters. The summed E-state index contributed by atoms with van der Waals surface area (Å²) in [4.78, 5) is 16.9. The molecule has 0 aliphatic carbocycles. The first-order valence-corrected chi connectivity index (χ1v) is 7.45. The van der Waals surface area contributed by atoms with Gasteiger partial charge in [0.15, 0.2) is 0 Å². The second-order valence-corrected chi connectivity index (χ2v) is 5.83. The Morgan fingerprint density at radius 1 is 1.15 bits per heavy atom. The van der Waals surface area contributed by atoms with Gasteiger partial charge < -0.3 is 15.5 Å². The van der Waals surface area contributed by atoms with Crippen LogP contribution in [0.4, 0.5) is 0 Å². The van der Waals surface area contributed by atoms with E-state index in [2.05, 4.69) is 9.80 Å². The zero-order valence-electron chi connectivity index (χ0n) is 12.4. The van der Waals surface area contributed by atoms with Crippen molar-refractivity contribution in [3.8, 4) is 0 Å². The Morgan fingerprint density at radius 2 is 1.80 bits per heavy atom. The maximum Gasteiger partial charge on any atom is 0.226 e.